The van der Waals surface area contributed by atoms with Gasteiger partial charge in [0.2, 0.25) is 11.8 Å². The fourth-order valence-electron chi connectivity index (χ4n) is 6.30. The molecule has 45 heavy (non-hydrogen) atoms. The van der Waals surface area contributed by atoms with Crippen molar-refractivity contribution in [2.45, 2.75) is 122 Å². The quantitative estimate of drug-likeness (QED) is 0.270. The van der Waals surface area contributed by atoms with Crippen LogP contribution in [0.1, 0.15) is 104 Å². The van der Waals surface area contributed by atoms with E-state index in [1.807, 2.05) is 51.7 Å². The summed E-state index contributed by atoms with van der Waals surface area (Å²) in [7, 11) is 0. The molecule has 0 aromatic heterocycles. The van der Waals surface area contributed by atoms with Crippen molar-refractivity contribution in [1.82, 2.24) is 15.1 Å². The summed E-state index contributed by atoms with van der Waals surface area (Å²) < 4.78 is -0.186. The van der Waals surface area contributed by atoms with Gasteiger partial charge < -0.3 is 15.1 Å². The fraction of sp³-hybridized carbons (Fsp3) is 0.605. The normalized spacial score (nSPS) is 17.4. The van der Waals surface area contributed by atoms with E-state index < -0.39 is 0 Å². The predicted octanol–water partition coefficient (Wildman–Crippen LogP) is 8.29. The smallest absolute Gasteiger partial charge is 0.282 e. The molecule has 1 unspecified atom stereocenters. The number of amides is 3. The summed E-state index contributed by atoms with van der Waals surface area (Å²) in [6, 6.07) is 20.9. The third-order valence-electron chi connectivity index (χ3n) is 8.66. The van der Waals surface area contributed by atoms with Gasteiger partial charge in [-0.1, -0.05) is 107 Å². The van der Waals surface area contributed by atoms with Crippen LogP contribution in [0, 0.1) is 5.92 Å². The summed E-state index contributed by atoms with van der Waals surface area (Å²) in [5, 5.41) is 3.42. The van der Waals surface area contributed by atoms with Gasteiger partial charge in [0.05, 0.1) is 0 Å². The van der Waals surface area contributed by atoms with E-state index in [-0.39, 0.29) is 39.8 Å². The molecular formula is C38H57N3O3S. The van der Waals surface area contributed by atoms with Crippen LogP contribution in [-0.2, 0) is 22.4 Å². The van der Waals surface area contributed by atoms with Gasteiger partial charge in [0.1, 0.15) is 6.04 Å². The lowest BCUT2D eigenvalue weighted by Gasteiger charge is -2.40. The topological polar surface area (TPSA) is 69.7 Å². The maximum absolute atomic E-state index is 13.6. The van der Waals surface area contributed by atoms with Crippen molar-refractivity contribution in [3.05, 3.63) is 71.8 Å². The van der Waals surface area contributed by atoms with Crippen molar-refractivity contribution in [1.29, 1.82) is 0 Å². The minimum absolute atomic E-state index is 0.00499. The summed E-state index contributed by atoms with van der Waals surface area (Å²) >= 11 is 1.31. The molecule has 2 aromatic rings. The van der Waals surface area contributed by atoms with Crippen LogP contribution in [0.5, 0.6) is 0 Å². The summed E-state index contributed by atoms with van der Waals surface area (Å²) in [6.07, 6.45) is 10.0. The first kappa shape index (κ1) is 36.7. The van der Waals surface area contributed by atoms with E-state index in [9.17, 15) is 14.4 Å². The summed E-state index contributed by atoms with van der Waals surface area (Å²) in [4.78, 5) is 43.8. The zero-order chi connectivity index (χ0) is 32.7. The average molecular weight is 636 g/mol. The van der Waals surface area contributed by atoms with Crippen molar-refractivity contribution in [3.8, 4) is 0 Å². The molecular weight excluding hydrogens is 579 g/mol. The third-order valence-corrected chi connectivity index (χ3v) is 9.68. The molecule has 2 aliphatic rings. The Labute approximate surface area is 277 Å². The number of likely N-dealkylation sites (tertiary alicyclic amines) is 2. The van der Waals surface area contributed by atoms with Gasteiger partial charge in [-0.25, -0.2) is 0 Å². The van der Waals surface area contributed by atoms with Crippen molar-refractivity contribution in [3.63, 3.8) is 0 Å². The molecule has 7 heteroatoms. The number of benzene rings is 2. The van der Waals surface area contributed by atoms with Crippen LogP contribution in [0.4, 0.5) is 4.79 Å². The maximum Gasteiger partial charge on any atom is 0.282 e. The highest BCUT2D eigenvalue weighted by atomic mass is 32.2. The number of carbonyl (C=O) groups is 3. The van der Waals surface area contributed by atoms with E-state index in [2.05, 4.69) is 53.8 Å². The lowest BCUT2D eigenvalue weighted by Crippen LogP contribution is -2.54. The van der Waals surface area contributed by atoms with Crippen molar-refractivity contribution in [2.75, 3.05) is 19.6 Å². The van der Waals surface area contributed by atoms with E-state index in [1.165, 1.54) is 22.9 Å². The minimum Gasteiger partial charge on any atom is -0.353 e. The molecule has 0 aliphatic carbocycles. The standard InChI is InChI=1S/C36H51N3O3S.C2H6/c1-36(2,3)43-35(42)39-25-11-10-22-32(39)34(41)38-26-23-30(24-27-38)33(40)37-31(20-12-18-28-14-6-4-7-15-28)21-13-19-29-16-8-5-9-17-29;1-2/h4-9,14-17,30-32H,10-13,18-27H2,1-3H3,(H,37,40);1-2H3. The van der Waals surface area contributed by atoms with Gasteiger partial charge in [-0.3, -0.25) is 14.4 Å². The lowest BCUT2D eigenvalue weighted by molar-refractivity contribution is -0.140. The van der Waals surface area contributed by atoms with E-state index >= 15 is 0 Å². The van der Waals surface area contributed by atoms with Crippen LogP contribution in [0.25, 0.3) is 0 Å². The summed E-state index contributed by atoms with van der Waals surface area (Å²) in [5.74, 6) is 0.115. The fourth-order valence-corrected chi connectivity index (χ4v) is 7.16. The SMILES string of the molecule is CC.CC(C)(C)SC(=O)N1CCCCC1C(=O)N1CCC(C(=O)NC(CCCc2ccccc2)CCCc2ccccc2)CC1. The number of aryl methyl sites for hydroxylation is 2. The molecule has 0 spiro atoms. The molecule has 0 radical (unpaired) electrons. The first-order valence-electron chi connectivity index (χ1n) is 17.4. The van der Waals surface area contributed by atoms with Crippen LogP contribution >= 0.6 is 11.8 Å². The molecule has 0 bridgehead atoms. The van der Waals surface area contributed by atoms with Crippen molar-refractivity contribution in [2.24, 2.45) is 5.92 Å². The van der Waals surface area contributed by atoms with Gasteiger partial charge in [0.15, 0.2) is 0 Å². The van der Waals surface area contributed by atoms with Crippen LogP contribution < -0.4 is 5.32 Å². The first-order chi connectivity index (χ1) is 21.7. The molecule has 2 aliphatic heterocycles. The zero-order valence-corrected chi connectivity index (χ0v) is 29.2. The molecule has 2 saturated heterocycles. The molecule has 6 nitrogen and oxygen atoms in total. The van der Waals surface area contributed by atoms with Gasteiger partial charge in [-0.15, -0.1) is 0 Å². The second kappa shape index (κ2) is 19.0. The van der Waals surface area contributed by atoms with Crippen molar-refractivity contribution < 1.29 is 14.4 Å². The second-order valence-corrected chi connectivity index (χ2v) is 15.0. The van der Waals surface area contributed by atoms with E-state index in [4.69, 9.17) is 0 Å². The largest absolute Gasteiger partial charge is 0.353 e. The van der Waals surface area contributed by atoms with E-state index in [0.717, 1.165) is 57.8 Å². The Morgan fingerprint density at radius 2 is 1.33 bits per heavy atom. The highest BCUT2D eigenvalue weighted by molar-refractivity contribution is 8.14. The molecule has 2 aromatic carbocycles. The van der Waals surface area contributed by atoms with Gasteiger partial charge >= 0.3 is 0 Å². The molecule has 248 valence electrons. The number of thioether (sulfide) groups is 1. The monoisotopic (exact) mass is 635 g/mol. The van der Waals surface area contributed by atoms with E-state index in [1.54, 1.807) is 4.90 Å². The molecule has 1 N–H and O–H groups in total. The highest BCUT2D eigenvalue weighted by Crippen LogP contribution is 2.31. The number of nitrogens with zero attached hydrogens (tertiary/aromatic N) is 2. The summed E-state index contributed by atoms with van der Waals surface area (Å²) in [5.41, 5.74) is 2.67. The molecule has 1 atom stereocenters. The number of rotatable bonds is 11. The Bertz CT molecular complexity index is 1110. The molecule has 0 saturated carbocycles. The molecule has 4 rings (SSSR count). The number of nitrogens with one attached hydrogen (secondary N) is 1. The Hall–Kier alpha value is -2.80. The molecule has 2 fully saturated rings. The van der Waals surface area contributed by atoms with Crippen LogP contribution in [-0.4, -0.2) is 63.3 Å². The Balaban J connectivity index is 0.00000271. The number of hydrogen-bond acceptors (Lipinski definition) is 4. The van der Waals surface area contributed by atoms with Gasteiger partial charge in [0.25, 0.3) is 5.24 Å². The van der Waals surface area contributed by atoms with E-state index in [0.29, 0.717) is 32.5 Å². The zero-order valence-electron chi connectivity index (χ0n) is 28.4. The van der Waals surface area contributed by atoms with Crippen LogP contribution in [0.3, 0.4) is 0 Å². The highest BCUT2D eigenvalue weighted by Gasteiger charge is 2.38. The second-order valence-electron chi connectivity index (χ2n) is 13.2. The molecule has 2 heterocycles. The Morgan fingerprint density at radius 3 is 1.84 bits per heavy atom. The van der Waals surface area contributed by atoms with Gasteiger partial charge in [0, 0.05) is 36.3 Å². The average Bonchev–Trinajstić information content (AvgIpc) is 3.05. The first-order valence-corrected chi connectivity index (χ1v) is 18.2. The van der Waals surface area contributed by atoms with Gasteiger partial charge in [-0.2, -0.15) is 0 Å². The Kier molecular flexibility index (Phi) is 15.5. The summed E-state index contributed by atoms with van der Waals surface area (Å²) in [6.45, 7) is 11.9. The minimum atomic E-state index is -0.375. The van der Waals surface area contributed by atoms with Crippen molar-refractivity contribution >= 4 is 28.8 Å². The number of carbonyl (C=O) groups excluding carboxylic acids is 3. The van der Waals surface area contributed by atoms with Gasteiger partial charge in [-0.05, 0) is 81.8 Å². The maximum atomic E-state index is 13.6. The lowest BCUT2D eigenvalue weighted by atomic mass is 9.93. The number of hydrogen-bond donors (Lipinski definition) is 1. The third kappa shape index (κ3) is 12.5. The Morgan fingerprint density at radius 1 is 0.800 bits per heavy atom. The molecule has 3 amide bonds. The predicted molar refractivity (Wildman–Crippen MR) is 188 cm³/mol. The number of piperidine rings is 2. The van der Waals surface area contributed by atoms with Crippen LogP contribution in [0.15, 0.2) is 60.7 Å². The van der Waals surface area contributed by atoms with Crippen LogP contribution in [0.2, 0.25) is 0 Å².